The zero-order chi connectivity index (χ0) is 26.4. The first kappa shape index (κ1) is 27.0. The maximum Gasteiger partial charge on any atom is 0.381 e. The Balaban J connectivity index is 2.36. The van der Waals surface area contributed by atoms with Crippen molar-refractivity contribution in [2.45, 2.75) is 37.0 Å². The molecular weight excluding hydrogens is 514 g/mol. The van der Waals surface area contributed by atoms with Crippen LogP contribution in [0.1, 0.15) is 23.2 Å². The highest BCUT2D eigenvalue weighted by Crippen LogP contribution is 2.48. The van der Waals surface area contributed by atoms with Crippen molar-refractivity contribution < 1.29 is 76.6 Å². The molecule has 2 amide bonds. The number of imide groups is 1. The van der Waals surface area contributed by atoms with Gasteiger partial charge in [0.05, 0.1) is 0 Å². The molecule has 190 valence electrons. The molecule has 0 saturated carbocycles. The Morgan fingerprint density at radius 3 is 1.71 bits per heavy atom. The molecule has 0 radical (unpaired) electrons. The highest BCUT2D eigenvalue weighted by Gasteiger charge is 2.75. The van der Waals surface area contributed by atoms with Crippen LogP contribution in [0.2, 0.25) is 0 Å². The van der Waals surface area contributed by atoms with Crippen molar-refractivity contribution in [1.82, 2.24) is 5.06 Å². The molecule has 1 aromatic carbocycles. The third-order valence-electron chi connectivity index (χ3n) is 4.16. The van der Waals surface area contributed by atoms with Crippen molar-refractivity contribution in [1.29, 1.82) is 0 Å². The fraction of sp³-hybridized carbons (Fsp3) is 0.438. The second-order valence-electron chi connectivity index (χ2n) is 6.41. The van der Waals surface area contributed by atoms with Crippen LogP contribution in [-0.4, -0.2) is 53.6 Å². The molecule has 2 rings (SSSR count). The van der Waals surface area contributed by atoms with Crippen LogP contribution in [0.3, 0.4) is 0 Å². The first-order valence-corrected chi connectivity index (χ1v) is 8.36. The molecule has 0 aliphatic carbocycles. The number of rotatable bonds is 8. The maximum absolute atomic E-state index is 14.1. The third-order valence-corrected chi connectivity index (χ3v) is 4.16. The van der Waals surface area contributed by atoms with Gasteiger partial charge in [-0.2, -0.15) is 35.1 Å². The van der Waals surface area contributed by atoms with Gasteiger partial charge in [-0.1, -0.05) is 0 Å². The normalized spacial score (nSPS) is 15.4. The number of hydrogen-bond donors (Lipinski definition) is 0. The van der Waals surface area contributed by atoms with E-state index >= 15 is 0 Å². The van der Waals surface area contributed by atoms with Crippen LogP contribution in [0.15, 0.2) is 0 Å². The molecule has 34 heavy (non-hydrogen) atoms. The lowest BCUT2D eigenvalue weighted by Gasteiger charge is -2.32. The van der Waals surface area contributed by atoms with Gasteiger partial charge < -0.3 is 9.57 Å². The molecule has 0 aromatic heterocycles. The predicted molar refractivity (Wildman–Crippen MR) is 79.1 cm³/mol. The molecule has 0 spiro atoms. The van der Waals surface area contributed by atoms with Gasteiger partial charge in [-0.25, -0.2) is 22.4 Å². The molecule has 1 fully saturated rings. The molecule has 18 heteroatoms. The van der Waals surface area contributed by atoms with Gasteiger partial charge in [-0.05, 0) is 0 Å². The van der Waals surface area contributed by atoms with E-state index in [4.69, 9.17) is 0 Å². The number of benzene rings is 1. The van der Waals surface area contributed by atoms with Gasteiger partial charge in [0.25, 0.3) is 11.8 Å². The Bertz CT molecular complexity index is 983. The Morgan fingerprint density at radius 2 is 1.29 bits per heavy atom. The number of halogens is 12. The smallest absolute Gasteiger partial charge is 0.381 e. The highest BCUT2D eigenvalue weighted by atomic mass is 19.4. The Hall–Kier alpha value is -3.21. The summed E-state index contributed by atoms with van der Waals surface area (Å²) in [4.78, 5) is 38.4. The van der Waals surface area contributed by atoms with E-state index in [9.17, 15) is 67.1 Å². The second-order valence-corrected chi connectivity index (χ2v) is 6.41. The van der Waals surface area contributed by atoms with Crippen molar-refractivity contribution in [3.05, 3.63) is 28.8 Å². The summed E-state index contributed by atoms with van der Waals surface area (Å²) in [7, 11) is 0. The van der Waals surface area contributed by atoms with E-state index < -0.39 is 96.0 Å². The summed E-state index contributed by atoms with van der Waals surface area (Å²) in [6, 6.07) is 0. The SMILES string of the molecule is O=C(ON1C(=O)CCC1=O)c1c(F)c(F)c(OCC(F)(F)C(F)(F)C(F)(F)C(F)F)c(F)c1F. The molecule has 0 atom stereocenters. The van der Waals surface area contributed by atoms with Crippen LogP contribution < -0.4 is 4.74 Å². The van der Waals surface area contributed by atoms with Gasteiger partial charge in [0, 0.05) is 12.8 Å². The van der Waals surface area contributed by atoms with Crippen LogP contribution in [-0.2, 0) is 14.4 Å². The van der Waals surface area contributed by atoms with Crippen molar-refractivity contribution in [2.75, 3.05) is 6.61 Å². The maximum atomic E-state index is 14.1. The molecule has 1 aliphatic rings. The van der Waals surface area contributed by atoms with Crippen LogP contribution in [0, 0.1) is 23.3 Å². The lowest BCUT2D eigenvalue weighted by atomic mass is 10.1. The first-order chi connectivity index (χ1) is 15.4. The fourth-order valence-electron chi connectivity index (χ4n) is 2.34. The monoisotopic (exact) mass is 521 g/mol. The predicted octanol–water partition coefficient (Wildman–Crippen LogP) is 4.01. The van der Waals surface area contributed by atoms with Crippen molar-refractivity contribution >= 4 is 17.8 Å². The number of carbonyl (C=O) groups excluding carboxylic acids is 3. The first-order valence-electron chi connectivity index (χ1n) is 8.36. The van der Waals surface area contributed by atoms with Crippen LogP contribution in [0.5, 0.6) is 5.75 Å². The van der Waals surface area contributed by atoms with Crippen LogP contribution >= 0.6 is 0 Å². The molecular formula is C16H7F12NO5. The lowest BCUT2D eigenvalue weighted by molar-refractivity contribution is -0.342. The molecule has 6 nitrogen and oxygen atoms in total. The Morgan fingerprint density at radius 1 is 0.853 bits per heavy atom. The largest absolute Gasteiger partial charge is 0.481 e. The summed E-state index contributed by atoms with van der Waals surface area (Å²) < 4.78 is 163. The number of nitrogens with zero attached hydrogens (tertiary/aromatic N) is 1. The summed E-state index contributed by atoms with van der Waals surface area (Å²) in [6.07, 6.45) is -6.33. The van der Waals surface area contributed by atoms with Crippen molar-refractivity contribution in [3.8, 4) is 5.75 Å². The molecule has 0 unspecified atom stereocenters. The van der Waals surface area contributed by atoms with Gasteiger partial charge in [0.15, 0.2) is 24.0 Å². The molecule has 1 saturated heterocycles. The topological polar surface area (TPSA) is 72.9 Å². The number of hydrogen-bond acceptors (Lipinski definition) is 5. The number of ether oxygens (including phenoxy) is 1. The van der Waals surface area contributed by atoms with E-state index in [-0.39, 0.29) is 5.06 Å². The van der Waals surface area contributed by atoms with Gasteiger partial charge in [0.1, 0.15) is 5.56 Å². The molecule has 1 aromatic rings. The zero-order valence-electron chi connectivity index (χ0n) is 15.7. The number of hydroxylamine groups is 2. The summed E-state index contributed by atoms with van der Waals surface area (Å²) in [5.41, 5.74) is -2.27. The fourth-order valence-corrected chi connectivity index (χ4v) is 2.34. The minimum Gasteiger partial charge on any atom is -0.481 e. The summed E-state index contributed by atoms with van der Waals surface area (Å²) >= 11 is 0. The standard InChI is InChI=1S/C16H7F12NO5/c17-7-6(12(32)34-29-4(30)1-2-5(29)31)8(18)10(20)11(9(7)19)33-3-14(23,24)16(27,28)15(25,26)13(21)22/h13H,1-3H2. The minimum absolute atomic E-state index is 0.298. The molecule has 0 bridgehead atoms. The van der Waals surface area contributed by atoms with E-state index in [1.165, 1.54) is 0 Å². The third kappa shape index (κ3) is 4.31. The Labute approximate surface area is 178 Å². The van der Waals surface area contributed by atoms with Crippen molar-refractivity contribution in [3.63, 3.8) is 0 Å². The van der Waals surface area contributed by atoms with Gasteiger partial charge in [0.2, 0.25) is 11.6 Å². The highest BCUT2D eigenvalue weighted by molar-refractivity contribution is 6.02. The van der Waals surface area contributed by atoms with Gasteiger partial charge in [-0.15, -0.1) is 5.06 Å². The molecule has 1 aliphatic heterocycles. The number of carbonyl (C=O) groups is 3. The van der Waals surface area contributed by atoms with Gasteiger partial charge in [-0.3, -0.25) is 9.59 Å². The average molecular weight is 521 g/mol. The lowest BCUT2D eigenvalue weighted by Crippen LogP contribution is -2.59. The Kier molecular flexibility index (Phi) is 7.05. The van der Waals surface area contributed by atoms with Crippen LogP contribution in [0.25, 0.3) is 0 Å². The second kappa shape index (κ2) is 8.86. The van der Waals surface area contributed by atoms with E-state index in [2.05, 4.69) is 9.57 Å². The summed E-state index contributed by atoms with van der Waals surface area (Å²) in [5, 5.41) is -0.298. The molecule has 0 N–H and O–H groups in total. The van der Waals surface area contributed by atoms with Crippen molar-refractivity contribution in [2.24, 2.45) is 0 Å². The summed E-state index contributed by atoms with van der Waals surface area (Å²) in [5.74, 6) is -38.3. The van der Waals surface area contributed by atoms with E-state index in [1.54, 1.807) is 0 Å². The van der Waals surface area contributed by atoms with Crippen LogP contribution in [0.4, 0.5) is 52.7 Å². The number of alkyl halides is 8. The quantitative estimate of drug-likeness (QED) is 0.294. The average Bonchev–Trinajstić information content (AvgIpc) is 3.04. The summed E-state index contributed by atoms with van der Waals surface area (Å²) in [6.45, 7) is -3.18. The van der Waals surface area contributed by atoms with Gasteiger partial charge >= 0.3 is 30.2 Å². The zero-order valence-corrected chi connectivity index (χ0v) is 15.7. The number of amides is 2. The minimum atomic E-state index is -6.86. The van der Waals surface area contributed by atoms with E-state index in [0.717, 1.165) is 0 Å². The van der Waals surface area contributed by atoms with E-state index in [1.807, 2.05) is 0 Å². The molecule has 1 heterocycles. The van der Waals surface area contributed by atoms with E-state index in [0.29, 0.717) is 0 Å².